The lowest BCUT2D eigenvalue weighted by Crippen LogP contribution is -2.20. The highest BCUT2D eigenvalue weighted by atomic mass is 32.2. The number of nitrogens with one attached hydrogen (secondary N) is 1. The lowest BCUT2D eigenvalue weighted by atomic mass is 10.1. The van der Waals surface area contributed by atoms with Gasteiger partial charge in [-0.25, -0.2) is 0 Å². The van der Waals surface area contributed by atoms with E-state index in [9.17, 15) is 4.79 Å². The Balaban J connectivity index is 1.65. The minimum absolute atomic E-state index is 0.151. The van der Waals surface area contributed by atoms with Crippen molar-refractivity contribution in [1.29, 1.82) is 0 Å². The van der Waals surface area contributed by atoms with Gasteiger partial charge in [-0.1, -0.05) is 78.5 Å². The SMILES string of the molecule is COc1ccc(C)cc1NC(=O)[C@H](Sc1nnc(C)n1Cc1ccccc1)c1ccccc1. The van der Waals surface area contributed by atoms with Gasteiger partial charge in [0.15, 0.2) is 5.16 Å². The number of hydrogen-bond acceptors (Lipinski definition) is 5. The van der Waals surface area contributed by atoms with Crippen LogP contribution < -0.4 is 10.1 Å². The van der Waals surface area contributed by atoms with Gasteiger partial charge in [-0.05, 0) is 42.7 Å². The van der Waals surface area contributed by atoms with Crippen molar-refractivity contribution in [3.05, 3.63) is 101 Å². The highest BCUT2D eigenvalue weighted by Gasteiger charge is 2.26. The van der Waals surface area contributed by atoms with E-state index in [1.54, 1.807) is 7.11 Å². The first kappa shape index (κ1) is 22.6. The van der Waals surface area contributed by atoms with Gasteiger partial charge in [-0.15, -0.1) is 10.2 Å². The van der Waals surface area contributed by atoms with E-state index < -0.39 is 5.25 Å². The van der Waals surface area contributed by atoms with Crippen molar-refractivity contribution < 1.29 is 9.53 Å². The number of hydrogen-bond donors (Lipinski definition) is 1. The molecule has 4 rings (SSSR count). The van der Waals surface area contributed by atoms with E-state index in [1.807, 2.05) is 85.1 Å². The molecule has 1 atom stereocenters. The Hall–Kier alpha value is -3.58. The van der Waals surface area contributed by atoms with Crippen LogP contribution >= 0.6 is 11.8 Å². The monoisotopic (exact) mass is 458 g/mol. The first-order valence-electron chi connectivity index (χ1n) is 10.7. The van der Waals surface area contributed by atoms with E-state index in [1.165, 1.54) is 11.8 Å². The third kappa shape index (κ3) is 5.43. The number of ether oxygens (including phenoxy) is 1. The third-order valence-corrected chi connectivity index (χ3v) is 6.50. The highest BCUT2D eigenvalue weighted by Crippen LogP contribution is 2.37. The molecule has 0 fully saturated rings. The molecule has 1 amide bonds. The number of rotatable bonds is 8. The highest BCUT2D eigenvalue weighted by molar-refractivity contribution is 8.00. The molecule has 33 heavy (non-hydrogen) atoms. The molecule has 1 heterocycles. The third-order valence-electron chi connectivity index (χ3n) is 5.26. The van der Waals surface area contributed by atoms with Crippen LogP contribution in [0.3, 0.4) is 0 Å². The van der Waals surface area contributed by atoms with E-state index in [4.69, 9.17) is 4.74 Å². The number of anilines is 1. The number of carbonyl (C=O) groups is 1. The van der Waals surface area contributed by atoms with Crippen LogP contribution in [-0.2, 0) is 11.3 Å². The van der Waals surface area contributed by atoms with Crippen LogP contribution in [0.1, 0.15) is 27.8 Å². The van der Waals surface area contributed by atoms with Crippen molar-refractivity contribution in [3.63, 3.8) is 0 Å². The van der Waals surface area contributed by atoms with Gasteiger partial charge in [0.1, 0.15) is 16.8 Å². The molecule has 1 aromatic heterocycles. The summed E-state index contributed by atoms with van der Waals surface area (Å²) in [5.41, 5.74) is 3.71. The second-order valence-corrected chi connectivity index (χ2v) is 8.78. The number of amides is 1. The Bertz CT molecular complexity index is 1230. The molecule has 168 valence electrons. The minimum atomic E-state index is -0.519. The number of nitrogens with zero attached hydrogens (tertiary/aromatic N) is 3. The Morgan fingerprint density at radius 2 is 1.70 bits per heavy atom. The van der Waals surface area contributed by atoms with E-state index >= 15 is 0 Å². The molecule has 0 bridgehead atoms. The van der Waals surface area contributed by atoms with Crippen molar-refractivity contribution in [2.75, 3.05) is 12.4 Å². The van der Waals surface area contributed by atoms with Crippen molar-refractivity contribution in [2.45, 2.75) is 30.8 Å². The van der Waals surface area contributed by atoms with Gasteiger partial charge in [0.2, 0.25) is 5.91 Å². The predicted molar refractivity (Wildman–Crippen MR) is 132 cm³/mol. The fourth-order valence-corrected chi connectivity index (χ4v) is 4.60. The summed E-state index contributed by atoms with van der Waals surface area (Å²) in [6.45, 7) is 4.54. The van der Waals surface area contributed by atoms with E-state index in [0.717, 1.165) is 22.5 Å². The first-order chi connectivity index (χ1) is 16.0. The number of thioether (sulfide) groups is 1. The van der Waals surface area contributed by atoms with Crippen LogP contribution in [0.25, 0.3) is 0 Å². The topological polar surface area (TPSA) is 69.0 Å². The van der Waals surface area contributed by atoms with Crippen LogP contribution in [0.5, 0.6) is 5.75 Å². The summed E-state index contributed by atoms with van der Waals surface area (Å²) in [5.74, 6) is 1.27. The molecule has 6 nitrogen and oxygen atoms in total. The lowest BCUT2D eigenvalue weighted by Gasteiger charge is -2.18. The van der Waals surface area contributed by atoms with Crippen LogP contribution in [0.4, 0.5) is 5.69 Å². The van der Waals surface area contributed by atoms with Crippen LogP contribution in [-0.4, -0.2) is 27.8 Å². The zero-order valence-corrected chi connectivity index (χ0v) is 19.7. The summed E-state index contributed by atoms with van der Waals surface area (Å²) in [6.07, 6.45) is 0. The van der Waals surface area contributed by atoms with Gasteiger partial charge in [0, 0.05) is 0 Å². The molecule has 4 aromatic rings. The molecule has 0 saturated carbocycles. The van der Waals surface area contributed by atoms with Crippen LogP contribution in [0.15, 0.2) is 84.0 Å². The van der Waals surface area contributed by atoms with Crippen molar-refractivity contribution in [2.24, 2.45) is 0 Å². The molecule has 3 aromatic carbocycles. The molecular formula is C26H26N4O2S. The van der Waals surface area contributed by atoms with Crippen molar-refractivity contribution >= 4 is 23.4 Å². The molecular weight excluding hydrogens is 432 g/mol. The van der Waals surface area contributed by atoms with Crippen molar-refractivity contribution in [1.82, 2.24) is 14.8 Å². The maximum atomic E-state index is 13.5. The lowest BCUT2D eigenvalue weighted by molar-refractivity contribution is -0.115. The van der Waals surface area contributed by atoms with Crippen LogP contribution in [0, 0.1) is 13.8 Å². The summed E-state index contributed by atoms with van der Waals surface area (Å²) >= 11 is 1.39. The molecule has 0 aliphatic carbocycles. The molecule has 0 aliphatic rings. The number of aryl methyl sites for hydroxylation is 2. The fourth-order valence-electron chi connectivity index (χ4n) is 3.52. The Morgan fingerprint density at radius 3 is 2.39 bits per heavy atom. The van der Waals surface area contributed by atoms with Gasteiger partial charge in [-0.2, -0.15) is 0 Å². The van der Waals surface area contributed by atoms with Crippen LogP contribution in [0.2, 0.25) is 0 Å². The predicted octanol–water partition coefficient (Wildman–Crippen LogP) is 5.42. The zero-order valence-electron chi connectivity index (χ0n) is 18.9. The normalized spacial score (nSPS) is 11.7. The average molecular weight is 459 g/mol. The quantitative estimate of drug-likeness (QED) is 0.357. The number of benzene rings is 3. The zero-order chi connectivity index (χ0) is 23.2. The smallest absolute Gasteiger partial charge is 0.242 e. The standard InChI is InChI=1S/C26H26N4O2S/c1-18-14-15-23(32-3)22(16-18)27-25(31)24(21-12-8-5-9-13-21)33-26-29-28-19(2)30(26)17-20-10-6-4-7-11-20/h4-16,24H,17H2,1-3H3,(H,27,31)/t24-/m1/s1. The van der Waals surface area contributed by atoms with E-state index in [-0.39, 0.29) is 5.91 Å². The Labute approximate surface area is 198 Å². The van der Waals surface area contributed by atoms with Gasteiger partial charge < -0.3 is 14.6 Å². The molecule has 0 unspecified atom stereocenters. The molecule has 0 saturated heterocycles. The number of methoxy groups -OCH3 is 1. The molecule has 1 N–H and O–H groups in total. The summed E-state index contributed by atoms with van der Waals surface area (Å²) in [4.78, 5) is 13.5. The van der Waals surface area contributed by atoms with Gasteiger partial charge >= 0.3 is 0 Å². The Morgan fingerprint density at radius 1 is 1.00 bits per heavy atom. The van der Waals surface area contributed by atoms with Crippen molar-refractivity contribution in [3.8, 4) is 5.75 Å². The van der Waals surface area contributed by atoms with Gasteiger partial charge in [0.05, 0.1) is 19.3 Å². The number of carbonyl (C=O) groups excluding carboxylic acids is 1. The maximum absolute atomic E-state index is 13.5. The first-order valence-corrected chi connectivity index (χ1v) is 11.5. The van der Waals surface area contributed by atoms with E-state index in [2.05, 4.69) is 27.6 Å². The number of aromatic nitrogens is 3. The summed E-state index contributed by atoms with van der Waals surface area (Å²) in [7, 11) is 1.60. The molecule has 0 radical (unpaired) electrons. The summed E-state index contributed by atoms with van der Waals surface area (Å²) in [5, 5.41) is 11.9. The molecule has 0 aliphatic heterocycles. The largest absolute Gasteiger partial charge is 0.495 e. The summed E-state index contributed by atoms with van der Waals surface area (Å²) in [6, 6.07) is 25.6. The van der Waals surface area contributed by atoms with Gasteiger partial charge in [-0.3, -0.25) is 4.79 Å². The summed E-state index contributed by atoms with van der Waals surface area (Å²) < 4.78 is 7.48. The second-order valence-electron chi connectivity index (χ2n) is 7.70. The van der Waals surface area contributed by atoms with E-state index in [0.29, 0.717) is 23.1 Å². The van der Waals surface area contributed by atoms with Gasteiger partial charge in [0.25, 0.3) is 0 Å². The fraction of sp³-hybridized carbons (Fsp3) is 0.192. The second kappa shape index (κ2) is 10.4. The Kier molecular flexibility index (Phi) is 7.10. The minimum Gasteiger partial charge on any atom is -0.495 e. The average Bonchev–Trinajstić information content (AvgIpc) is 3.17. The molecule has 0 spiro atoms. The molecule has 7 heteroatoms. The maximum Gasteiger partial charge on any atom is 0.242 e.